The van der Waals surface area contributed by atoms with E-state index in [1.54, 1.807) is 18.2 Å². The maximum absolute atomic E-state index is 12.0. The van der Waals surface area contributed by atoms with Gasteiger partial charge in [0.15, 0.2) is 0 Å². The molecule has 0 aromatic heterocycles. The van der Waals surface area contributed by atoms with Gasteiger partial charge in [-0.1, -0.05) is 17.7 Å². The Bertz CT molecular complexity index is 493. The third-order valence-electron chi connectivity index (χ3n) is 3.48. The number of nitrogens with zero attached hydrogens (tertiary/aromatic N) is 1. The lowest BCUT2D eigenvalue weighted by Gasteiger charge is -2.21. The summed E-state index contributed by atoms with van der Waals surface area (Å²) in [5, 5.41) is 15.9. The van der Waals surface area contributed by atoms with Crippen molar-refractivity contribution in [3.8, 4) is 0 Å². The lowest BCUT2D eigenvalue weighted by molar-refractivity contribution is 0.151. The van der Waals surface area contributed by atoms with Crippen LogP contribution in [0.3, 0.4) is 0 Å². The molecule has 1 aliphatic carbocycles. The van der Waals surface area contributed by atoms with Crippen LogP contribution in [0.15, 0.2) is 18.2 Å². The van der Waals surface area contributed by atoms with Gasteiger partial charge in [-0.25, -0.2) is 4.79 Å². The molecule has 0 aliphatic heterocycles. The number of anilines is 2. The van der Waals surface area contributed by atoms with Gasteiger partial charge in [-0.05, 0) is 31.4 Å². The Morgan fingerprint density at radius 1 is 1.40 bits per heavy atom. The van der Waals surface area contributed by atoms with Crippen LogP contribution in [0.5, 0.6) is 0 Å². The van der Waals surface area contributed by atoms with Crippen molar-refractivity contribution in [2.75, 3.05) is 24.3 Å². The molecule has 0 radical (unpaired) electrons. The minimum atomic E-state index is -0.451. The van der Waals surface area contributed by atoms with Crippen molar-refractivity contribution in [1.82, 2.24) is 5.32 Å². The Kier molecular flexibility index (Phi) is 4.73. The molecule has 0 heterocycles. The zero-order valence-electron chi connectivity index (χ0n) is 11.7. The van der Waals surface area contributed by atoms with E-state index in [1.807, 2.05) is 19.0 Å². The zero-order valence-corrected chi connectivity index (χ0v) is 12.4. The van der Waals surface area contributed by atoms with Gasteiger partial charge in [-0.2, -0.15) is 0 Å². The average molecular weight is 298 g/mol. The minimum absolute atomic E-state index is 0.169. The second kappa shape index (κ2) is 6.33. The number of halogens is 1. The topological polar surface area (TPSA) is 64.6 Å². The predicted molar refractivity (Wildman–Crippen MR) is 81.6 cm³/mol. The molecule has 0 spiro atoms. The smallest absolute Gasteiger partial charge is 0.319 e. The predicted octanol–water partition coefficient (Wildman–Crippen LogP) is 2.44. The molecule has 1 aromatic carbocycles. The van der Waals surface area contributed by atoms with Crippen LogP contribution in [0.1, 0.15) is 19.3 Å². The Labute approximate surface area is 123 Å². The Balaban J connectivity index is 2.06. The van der Waals surface area contributed by atoms with Crippen LogP contribution in [0.4, 0.5) is 16.2 Å². The van der Waals surface area contributed by atoms with Crippen molar-refractivity contribution in [3.63, 3.8) is 0 Å². The number of nitrogens with one attached hydrogen (secondary N) is 2. The highest BCUT2D eigenvalue weighted by atomic mass is 35.5. The molecular formula is C14H20ClN3O2. The lowest BCUT2D eigenvalue weighted by atomic mass is 10.2. The summed E-state index contributed by atoms with van der Waals surface area (Å²) in [7, 11) is 3.73. The molecule has 110 valence electrons. The number of carbonyl (C=O) groups is 1. The van der Waals surface area contributed by atoms with Crippen molar-refractivity contribution >= 4 is 29.0 Å². The summed E-state index contributed by atoms with van der Waals surface area (Å²) >= 11 is 6.15. The molecule has 2 atom stereocenters. The number of hydrogen-bond acceptors (Lipinski definition) is 3. The van der Waals surface area contributed by atoms with Gasteiger partial charge >= 0.3 is 6.03 Å². The molecule has 2 rings (SSSR count). The van der Waals surface area contributed by atoms with Crippen molar-refractivity contribution in [3.05, 3.63) is 23.2 Å². The van der Waals surface area contributed by atoms with Crippen LogP contribution >= 0.6 is 11.6 Å². The van der Waals surface area contributed by atoms with Crippen molar-refractivity contribution in [1.29, 1.82) is 0 Å². The molecule has 1 saturated carbocycles. The molecule has 2 amide bonds. The standard InChI is InChI=1S/C14H20ClN3O2/c1-18(2)13-9(15)5-3-7-11(13)17-14(20)16-10-6-4-8-12(10)19/h3,5,7,10,12,19H,4,6,8H2,1-2H3,(H2,16,17,20). The van der Waals surface area contributed by atoms with Gasteiger partial charge in [-0.15, -0.1) is 0 Å². The Morgan fingerprint density at radius 2 is 2.15 bits per heavy atom. The van der Waals surface area contributed by atoms with Gasteiger partial charge in [0.25, 0.3) is 0 Å². The number of amides is 2. The number of hydrogen-bond donors (Lipinski definition) is 3. The van der Waals surface area contributed by atoms with Gasteiger partial charge in [-0.3, -0.25) is 0 Å². The van der Waals surface area contributed by atoms with Gasteiger partial charge in [0.2, 0.25) is 0 Å². The summed E-state index contributed by atoms with van der Waals surface area (Å²) in [5.41, 5.74) is 1.41. The van der Waals surface area contributed by atoms with E-state index in [2.05, 4.69) is 10.6 Å². The van der Waals surface area contributed by atoms with Gasteiger partial charge in [0.05, 0.1) is 28.5 Å². The van der Waals surface area contributed by atoms with E-state index >= 15 is 0 Å². The second-order valence-corrected chi connectivity index (χ2v) is 5.64. The number of carbonyl (C=O) groups excluding carboxylic acids is 1. The normalized spacial score (nSPS) is 21.6. The molecule has 5 nitrogen and oxygen atoms in total. The van der Waals surface area contributed by atoms with E-state index < -0.39 is 6.10 Å². The minimum Gasteiger partial charge on any atom is -0.391 e. The first-order chi connectivity index (χ1) is 9.49. The highest BCUT2D eigenvalue weighted by Crippen LogP contribution is 2.32. The summed E-state index contributed by atoms with van der Waals surface area (Å²) in [6, 6.07) is 4.88. The number of rotatable bonds is 3. The summed E-state index contributed by atoms with van der Waals surface area (Å²) in [6.45, 7) is 0. The van der Waals surface area contributed by atoms with E-state index in [1.165, 1.54) is 0 Å². The molecule has 3 N–H and O–H groups in total. The molecule has 1 aliphatic rings. The largest absolute Gasteiger partial charge is 0.391 e. The quantitative estimate of drug-likeness (QED) is 0.803. The van der Waals surface area contributed by atoms with E-state index in [-0.39, 0.29) is 12.1 Å². The molecular weight excluding hydrogens is 278 g/mol. The number of para-hydroxylation sites is 1. The van der Waals surface area contributed by atoms with Crippen LogP contribution < -0.4 is 15.5 Å². The fourth-order valence-electron chi connectivity index (χ4n) is 2.51. The van der Waals surface area contributed by atoms with E-state index in [9.17, 15) is 9.90 Å². The fraction of sp³-hybridized carbons (Fsp3) is 0.500. The number of urea groups is 1. The highest BCUT2D eigenvalue weighted by Gasteiger charge is 2.26. The zero-order chi connectivity index (χ0) is 14.7. The Hall–Kier alpha value is -1.46. The lowest BCUT2D eigenvalue weighted by Crippen LogP contribution is -2.42. The fourth-order valence-corrected chi connectivity index (χ4v) is 2.85. The van der Waals surface area contributed by atoms with E-state index in [0.717, 1.165) is 24.9 Å². The molecule has 1 fully saturated rings. The number of aliphatic hydroxyl groups excluding tert-OH is 1. The maximum atomic E-state index is 12.0. The van der Waals surface area contributed by atoms with Gasteiger partial charge in [0, 0.05) is 14.1 Å². The summed E-state index contributed by atoms with van der Waals surface area (Å²) in [5.74, 6) is 0. The molecule has 0 saturated heterocycles. The maximum Gasteiger partial charge on any atom is 0.319 e. The highest BCUT2D eigenvalue weighted by molar-refractivity contribution is 6.34. The van der Waals surface area contributed by atoms with Crippen molar-refractivity contribution in [2.45, 2.75) is 31.4 Å². The third-order valence-corrected chi connectivity index (χ3v) is 3.78. The first-order valence-electron chi connectivity index (χ1n) is 6.70. The van der Waals surface area contributed by atoms with Crippen LogP contribution in [0.2, 0.25) is 5.02 Å². The van der Waals surface area contributed by atoms with Crippen molar-refractivity contribution in [2.24, 2.45) is 0 Å². The first-order valence-corrected chi connectivity index (χ1v) is 7.08. The average Bonchev–Trinajstić information content (AvgIpc) is 2.74. The van der Waals surface area contributed by atoms with E-state index in [0.29, 0.717) is 10.7 Å². The molecule has 1 aromatic rings. The summed E-state index contributed by atoms with van der Waals surface area (Å²) in [6.07, 6.45) is 2.04. The molecule has 20 heavy (non-hydrogen) atoms. The second-order valence-electron chi connectivity index (χ2n) is 5.23. The molecule has 6 heteroatoms. The van der Waals surface area contributed by atoms with E-state index in [4.69, 9.17) is 11.6 Å². The van der Waals surface area contributed by atoms with Crippen molar-refractivity contribution < 1.29 is 9.90 Å². The third kappa shape index (κ3) is 3.35. The summed E-state index contributed by atoms with van der Waals surface area (Å²) < 4.78 is 0. The van der Waals surface area contributed by atoms with Gasteiger partial charge in [0.1, 0.15) is 0 Å². The SMILES string of the molecule is CN(C)c1c(Cl)cccc1NC(=O)NC1CCCC1O. The molecule has 2 unspecified atom stereocenters. The van der Waals surface area contributed by atoms with Crippen LogP contribution in [0, 0.1) is 0 Å². The van der Waals surface area contributed by atoms with Crippen LogP contribution in [-0.2, 0) is 0 Å². The monoisotopic (exact) mass is 297 g/mol. The van der Waals surface area contributed by atoms with Crippen LogP contribution in [-0.4, -0.2) is 37.4 Å². The number of aliphatic hydroxyl groups is 1. The first kappa shape index (κ1) is 14.9. The number of benzene rings is 1. The molecule has 0 bridgehead atoms. The summed E-state index contributed by atoms with van der Waals surface area (Å²) in [4.78, 5) is 13.9. The van der Waals surface area contributed by atoms with Crippen LogP contribution in [0.25, 0.3) is 0 Å². The Morgan fingerprint density at radius 3 is 2.75 bits per heavy atom. The van der Waals surface area contributed by atoms with Gasteiger partial charge < -0.3 is 20.6 Å².